The average Bonchev–Trinajstić information content (AvgIpc) is 0.918. The molecular formula is F2OS. The first kappa shape index (κ1) is 8.90. The lowest BCUT2D eigenvalue weighted by Gasteiger charge is -1.41. The lowest BCUT2D eigenvalue weighted by atomic mass is 15.4. The van der Waals surface area contributed by atoms with E-state index < -0.39 is 0 Å². The summed E-state index contributed by atoms with van der Waals surface area (Å²) in [6, 6.07) is 0. The van der Waals surface area contributed by atoms with Gasteiger partial charge in [-0.3, -0.25) is 0 Å². The minimum atomic E-state index is 0. The molecule has 0 aromatic rings. The minimum absolute atomic E-state index is 0. The lowest BCUT2D eigenvalue weighted by molar-refractivity contribution is -0.317. The summed E-state index contributed by atoms with van der Waals surface area (Å²) in [5, 5.41) is 1.25. The molecule has 4 heavy (non-hydrogen) atoms. The Balaban J connectivity index is 0. The first-order valence-corrected chi connectivity index (χ1v) is 0.309. The smallest absolute Gasteiger partial charge is 0.0104 e. The molecule has 0 bridgehead atoms. The fourth-order valence-corrected chi connectivity index (χ4v) is 0. The topological polar surface area (TPSA) is 9.23 Å². The highest BCUT2D eigenvalue weighted by Crippen LogP contribution is 1.61. The maximum absolute atomic E-state index is 9.12. The van der Waals surface area contributed by atoms with Crippen molar-refractivity contribution in [3.05, 3.63) is 0 Å². The average molecular weight is 86.1 g/mol. The first-order valence-electron chi connectivity index (χ1n) is 0.309. The Morgan fingerprint density at radius 1 is 1.25 bits per heavy atom. The van der Waals surface area contributed by atoms with Crippen LogP contribution in [0.4, 0.5) is 9.05 Å². The van der Waals surface area contributed by atoms with Crippen molar-refractivity contribution in [3.8, 4) is 0 Å². The van der Waals surface area contributed by atoms with Crippen molar-refractivity contribution in [2.45, 2.75) is 0 Å². The Morgan fingerprint density at radius 3 is 1.25 bits per heavy atom. The third kappa shape index (κ3) is 103. The second-order valence-electron chi connectivity index (χ2n) is 0.0583. The van der Waals surface area contributed by atoms with E-state index in [1.165, 1.54) is 5.15 Å². The van der Waals surface area contributed by atoms with E-state index in [0.29, 0.717) is 0 Å². The fraction of sp³-hybridized carbons (Fsp3) is 0. The van der Waals surface area contributed by atoms with Crippen LogP contribution < -0.4 is 0 Å². The molecule has 0 heterocycles. The first-order chi connectivity index (χ1) is 1.41. The number of halogens is 2. The minimum Gasteiger partial charge on any atom is -0.0104 e. The predicted molar refractivity (Wildman–Crippen MR) is 10.9 cm³/mol. The Kier molecular flexibility index (Phi) is 24.3. The summed E-state index contributed by atoms with van der Waals surface area (Å²) in [5.74, 6) is 0. The van der Waals surface area contributed by atoms with Gasteiger partial charge >= 0.3 is 0 Å². The SMILES string of the molecule is FOF.[S]. The summed E-state index contributed by atoms with van der Waals surface area (Å²) in [7, 11) is 0. The van der Waals surface area contributed by atoms with Gasteiger partial charge in [-0.2, -0.15) is 0 Å². The van der Waals surface area contributed by atoms with Gasteiger partial charge in [0.1, 0.15) is 0 Å². The maximum Gasteiger partial charge on any atom is 0.0209 e. The molecule has 0 aromatic heterocycles. The summed E-state index contributed by atoms with van der Waals surface area (Å²) in [6.07, 6.45) is 0. The molecule has 0 amide bonds. The Hall–Kier alpha value is 0.170. The predicted octanol–water partition coefficient (Wildman–Crippen LogP) is 1.42. The quantitative estimate of drug-likeness (QED) is 0.433. The van der Waals surface area contributed by atoms with E-state index >= 15 is 0 Å². The van der Waals surface area contributed by atoms with Crippen LogP contribution in [0.25, 0.3) is 0 Å². The molecule has 0 spiro atoms. The highest BCUT2D eigenvalue weighted by molar-refractivity contribution is 7.59. The molecule has 4 heteroatoms. The number of hydrogen-bond donors (Lipinski definition) is 0. The van der Waals surface area contributed by atoms with Crippen LogP contribution in [0.2, 0.25) is 0 Å². The summed E-state index contributed by atoms with van der Waals surface area (Å²) >= 11 is 0. The van der Waals surface area contributed by atoms with Crippen molar-refractivity contribution < 1.29 is 14.2 Å². The normalized spacial score (nSPS) is 4.50. The van der Waals surface area contributed by atoms with E-state index in [-0.39, 0.29) is 13.5 Å². The zero-order valence-electron chi connectivity index (χ0n) is 1.57. The fourth-order valence-electron chi connectivity index (χ4n) is 0. The van der Waals surface area contributed by atoms with Crippen LogP contribution in [0, 0.1) is 0 Å². The van der Waals surface area contributed by atoms with Crippen LogP contribution in [0.1, 0.15) is 0 Å². The molecule has 0 fully saturated rings. The van der Waals surface area contributed by atoms with Crippen LogP contribution >= 0.6 is 13.5 Å². The van der Waals surface area contributed by atoms with Gasteiger partial charge in [-0.25, -0.2) is 0 Å². The van der Waals surface area contributed by atoms with Gasteiger partial charge in [0.25, 0.3) is 0 Å². The van der Waals surface area contributed by atoms with E-state index in [0.717, 1.165) is 0 Å². The monoisotopic (exact) mass is 86.0 g/mol. The van der Waals surface area contributed by atoms with E-state index in [9.17, 15) is 0 Å². The van der Waals surface area contributed by atoms with Crippen molar-refractivity contribution in [2.24, 2.45) is 0 Å². The molecular weight excluding hydrogens is 86.1 g/mol. The van der Waals surface area contributed by atoms with Gasteiger partial charge < -0.3 is 0 Å². The lowest BCUT2D eigenvalue weighted by Crippen LogP contribution is -1.26. The van der Waals surface area contributed by atoms with Gasteiger partial charge in [0.05, 0.1) is 0 Å². The number of rotatable bonds is 0. The van der Waals surface area contributed by atoms with Crippen molar-refractivity contribution in [2.75, 3.05) is 0 Å². The molecule has 0 aliphatic heterocycles. The molecule has 0 aliphatic rings. The summed E-state index contributed by atoms with van der Waals surface area (Å²) in [4.78, 5) is 0. The Bertz CT molecular complexity index is 6.00. The summed E-state index contributed by atoms with van der Waals surface area (Å²) in [6.45, 7) is 0. The van der Waals surface area contributed by atoms with Crippen LogP contribution in [0.3, 0.4) is 0 Å². The molecule has 0 aromatic carbocycles. The van der Waals surface area contributed by atoms with Crippen LogP contribution in [-0.4, -0.2) is 0 Å². The molecule has 1 nitrogen and oxygen atoms in total. The highest BCUT2D eigenvalue weighted by atomic mass is 32.1. The molecule has 26 valence electrons. The van der Waals surface area contributed by atoms with Gasteiger partial charge in [-0.1, -0.05) is 0 Å². The third-order valence-electron chi connectivity index (χ3n) is 0. The van der Waals surface area contributed by atoms with Crippen molar-refractivity contribution >= 4 is 13.5 Å². The van der Waals surface area contributed by atoms with Gasteiger partial charge in [0.15, 0.2) is 0 Å². The largest absolute Gasteiger partial charge is 0.0209 e. The van der Waals surface area contributed by atoms with Crippen LogP contribution in [-0.2, 0) is 5.15 Å². The maximum atomic E-state index is 9.12. The second kappa shape index (κ2) is 10.9. The molecule has 0 saturated heterocycles. The van der Waals surface area contributed by atoms with Crippen molar-refractivity contribution in [1.29, 1.82) is 0 Å². The van der Waals surface area contributed by atoms with Gasteiger partial charge in [-0.05, 0) is 9.05 Å². The molecule has 0 N–H and O–H groups in total. The van der Waals surface area contributed by atoms with Crippen molar-refractivity contribution in [1.82, 2.24) is 0 Å². The van der Waals surface area contributed by atoms with Crippen LogP contribution in [0.5, 0.6) is 0 Å². The standard InChI is InChI=1S/F2O.S/c1-3-2;. The van der Waals surface area contributed by atoms with E-state index in [4.69, 9.17) is 9.05 Å². The molecule has 0 aliphatic carbocycles. The zero-order chi connectivity index (χ0) is 2.71. The molecule has 2 radical (unpaired) electrons. The Morgan fingerprint density at radius 2 is 1.25 bits per heavy atom. The van der Waals surface area contributed by atoms with Gasteiger partial charge in [0, 0.05) is 18.6 Å². The summed E-state index contributed by atoms with van der Waals surface area (Å²) < 4.78 is 18.2. The zero-order valence-corrected chi connectivity index (χ0v) is 2.39. The molecule has 0 rings (SSSR count). The highest BCUT2D eigenvalue weighted by Gasteiger charge is 1.42. The van der Waals surface area contributed by atoms with Crippen molar-refractivity contribution in [3.63, 3.8) is 0 Å². The van der Waals surface area contributed by atoms with E-state index in [1.807, 2.05) is 0 Å². The molecule has 0 atom stereocenters. The second-order valence-corrected chi connectivity index (χ2v) is 0.0583. The van der Waals surface area contributed by atoms with Gasteiger partial charge in [-0.15, -0.1) is 0 Å². The molecule has 0 unspecified atom stereocenters. The number of hydrogen-bond acceptors (Lipinski definition) is 1. The van der Waals surface area contributed by atoms with Gasteiger partial charge in [0.2, 0.25) is 0 Å². The third-order valence-corrected chi connectivity index (χ3v) is 0. The Labute approximate surface area is 28.8 Å². The van der Waals surface area contributed by atoms with E-state index in [2.05, 4.69) is 0 Å². The molecule has 0 saturated carbocycles. The van der Waals surface area contributed by atoms with E-state index in [1.54, 1.807) is 0 Å². The van der Waals surface area contributed by atoms with Crippen LogP contribution in [0.15, 0.2) is 0 Å². The summed E-state index contributed by atoms with van der Waals surface area (Å²) in [5.41, 5.74) is 0.